The predicted octanol–water partition coefficient (Wildman–Crippen LogP) is 7.10. The van der Waals surface area contributed by atoms with Crippen LogP contribution in [0.1, 0.15) is 12.5 Å². The molecule has 3 aromatic carbocycles. The highest BCUT2D eigenvalue weighted by Crippen LogP contribution is 2.40. The highest BCUT2D eigenvalue weighted by atomic mass is 19.4. The van der Waals surface area contributed by atoms with E-state index in [1.54, 1.807) is 30.3 Å². The van der Waals surface area contributed by atoms with Crippen molar-refractivity contribution >= 4 is 11.9 Å². The number of benzene rings is 3. The first-order chi connectivity index (χ1) is 17.1. The lowest BCUT2D eigenvalue weighted by Gasteiger charge is -2.15. The minimum Gasteiger partial charge on any atom is -0.462 e. The first-order valence-electron chi connectivity index (χ1n) is 10.5. The number of ether oxygens (including phenoxy) is 3. The van der Waals surface area contributed by atoms with Gasteiger partial charge >= 0.3 is 18.1 Å². The van der Waals surface area contributed by atoms with Gasteiger partial charge in [0, 0.05) is 11.6 Å². The molecule has 0 aliphatic rings. The van der Waals surface area contributed by atoms with Crippen LogP contribution in [-0.4, -0.2) is 11.9 Å². The fraction of sp³-hybridized carbons (Fsp3) is 0.0714. The molecule has 36 heavy (non-hydrogen) atoms. The Morgan fingerprint density at radius 3 is 2.00 bits per heavy atom. The number of rotatable bonds is 8. The molecule has 0 aromatic heterocycles. The smallest absolute Gasteiger partial charge is 0.417 e. The number of carbonyl (C=O) groups is 2. The van der Waals surface area contributed by atoms with E-state index in [4.69, 9.17) is 14.2 Å². The lowest BCUT2D eigenvalue weighted by Crippen LogP contribution is -2.07. The molecule has 0 aliphatic carbocycles. The van der Waals surface area contributed by atoms with Crippen molar-refractivity contribution in [3.63, 3.8) is 0 Å². The molecule has 3 rings (SSSR count). The summed E-state index contributed by atoms with van der Waals surface area (Å²) in [7, 11) is 0. The van der Waals surface area contributed by atoms with Crippen molar-refractivity contribution in [3.05, 3.63) is 110 Å². The summed E-state index contributed by atoms with van der Waals surface area (Å²) in [4.78, 5) is 22.6. The van der Waals surface area contributed by atoms with Gasteiger partial charge < -0.3 is 14.2 Å². The van der Waals surface area contributed by atoms with Crippen LogP contribution in [0.3, 0.4) is 0 Å². The van der Waals surface area contributed by atoms with Gasteiger partial charge in [-0.05, 0) is 59.5 Å². The predicted molar refractivity (Wildman–Crippen MR) is 129 cm³/mol. The SMILES string of the molecule is C=CC(=O)Oc1ccc(-c2ccc(-c3ccc(OC=COC(=O)C(=C)C)cc3)cc2C(F)(F)F)cc1. The summed E-state index contributed by atoms with van der Waals surface area (Å²) in [5.74, 6) is -0.672. The van der Waals surface area contributed by atoms with Gasteiger partial charge in [0.1, 0.15) is 24.0 Å². The lowest BCUT2D eigenvalue weighted by atomic mass is 9.94. The molecule has 0 amide bonds. The maximum atomic E-state index is 13.9. The van der Waals surface area contributed by atoms with E-state index in [9.17, 15) is 22.8 Å². The highest BCUT2D eigenvalue weighted by molar-refractivity contribution is 5.87. The second-order valence-corrected chi connectivity index (χ2v) is 7.51. The maximum Gasteiger partial charge on any atom is 0.417 e. The Kier molecular flexibility index (Phi) is 8.11. The Hall–Kier alpha value is -4.59. The average molecular weight is 494 g/mol. The molecule has 0 N–H and O–H groups in total. The van der Waals surface area contributed by atoms with E-state index in [1.807, 2.05) is 0 Å². The van der Waals surface area contributed by atoms with Gasteiger partial charge in [-0.2, -0.15) is 13.2 Å². The minimum absolute atomic E-state index is 0.0118. The molecule has 0 heterocycles. The van der Waals surface area contributed by atoms with Crippen molar-refractivity contribution in [3.8, 4) is 33.8 Å². The summed E-state index contributed by atoms with van der Waals surface area (Å²) >= 11 is 0. The molecule has 0 saturated carbocycles. The van der Waals surface area contributed by atoms with Crippen LogP contribution in [0.2, 0.25) is 0 Å². The van der Waals surface area contributed by atoms with E-state index in [2.05, 4.69) is 13.2 Å². The van der Waals surface area contributed by atoms with Crippen molar-refractivity contribution in [2.75, 3.05) is 0 Å². The van der Waals surface area contributed by atoms with Crippen LogP contribution >= 0.6 is 0 Å². The van der Waals surface area contributed by atoms with Crippen molar-refractivity contribution < 1.29 is 37.0 Å². The lowest BCUT2D eigenvalue weighted by molar-refractivity contribution is -0.137. The highest BCUT2D eigenvalue weighted by Gasteiger charge is 2.34. The molecule has 0 unspecified atom stereocenters. The molecule has 0 bridgehead atoms. The summed E-state index contributed by atoms with van der Waals surface area (Å²) < 4.78 is 56.8. The van der Waals surface area contributed by atoms with Gasteiger partial charge in [-0.15, -0.1) is 0 Å². The molecular weight excluding hydrogens is 473 g/mol. The van der Waals surface area contributed by atoms with Crippen molar-refractivity contribution in [2.45, 2.75) is 13.1 Å². The van der Waals surface area contributed by atoms with Gasteiger partial charge in [0.25, 0.3) is 0 Å². The molecular formula is C28H21F3O5. The van der Waals surface area contributed by atoms with Crippen LogP contribution in [0.4, 0.5) is 13.2 Å². The first-order valence-corrected chi connectivity index (χ1v) is 10.5. The summed E-state index contributed by atoms with van der Waals surface area (Å²) in [5, 5.41) is 0. The van der Waals surface area contributed by atoms with Crippen molar-refractivity contribution in [1.82, 2.24) is 0 Å². The minimum atomic E-state index is -4.60. The zero-order valence-electron chi connectivity index (χ0n) is 19.2. The van der Waals surface area contributed by atoms with Gasteiger partial charge in [0.2, 0.25) is 0 Å². The second-order valence-electron chi connectivity index (χ2n) is 7.51. The summed E-state index contributed by atoms with van der Waals surface area (Å²) in [6.45, 7) is 8.25. The maximum absolute atomic E-state index is 13.9. The van der Waals surface area contributed by atoms with Crippen LogP contribution in [0.25, 0.3) is 22.3 Å². The fourth-order valence-corrected chi connectivity index (χ4v) is 3.09. The monoisotopic (exact) mass is 494 g/mol. The van der Waals surface area contributed by atoms with Gasteiger partial charge in [-0.25, -0.2) is 9.59 Å². The molecule has 0 fully saturated rings. The van der Waals surface area contributed by atoms with Gasteiger partial charge in [-0.1, -0.05) is 49.6 Å². The Morgan fingerprint density at radius 1 is 0.833 bits per heavy atom. The molecule has 3 aromatic rings. The van der Waals surface area contributed by atoms with Gasteiger partial charge in [0.15, 0.2) is 0 Å². The summed E-state index contributed by atoms with van der Waals surface area (Å²) in [6.07, 6.45) is -1.38. The molecule has 8 heteroatoms. The van der Waals surface area contributed by atoms with E-state index < -0.39 is 23.7 Å². The molecule has 0 spiro atoms. The van der Waals surface area contributed by atoms with E-state index in [0.717, 1.165) is 24.7 Å². The molecule has 5 nitrogen and oxygen atoms in total. The van der Waals surface area contributed by atoms with Crippen LogP contribution < -0.4 is 9.47 Å². The standard InChI is InChI=1S/C28H21F3O5/c1-4-26(32)36-23-12-7-20(8-13-23)24-14-9-21(17-25(24)28(29,30)31)19-5-10-22(11-6-19)34-15-16-35-27(33)18(2)3/h4-17H,1-2H2,3H3. The van der Waals surface area contributed by atoms with Crippen LogP contribution in [0.5, 0.6) is 11.5 Å². The van der Waals surface area contributed by atoms with Crippen molar-refractivity contribution in [2.24, 2.45) is 0 Å². The molecule has 0 aliphatic heterocycles. The summed E-state index contributed by atoms with van der Waals surface area (Å²) in [5.41, 5.74) is 0.638. The summed E-state index contributed by atoms with van der Waals surface area (Å²) in [6, 6.07) is 16.2. The first kappa shape index (κ1) is 26.0. The third-order valence-electron chi connectivity index (χ3n) is 4.85. The van der Waals surface area contributed by atoms with E-state index in [1.165, 1.54) is 37.3 Å². The van der Waals surface area contributed by atoms with Gasteiger partial charge in [-0.3, -0.25) is 0 Å². The average Bonchev–Trinajstić information content (AvgIpc) is 2.86. The number of carbonyl (C=O) groups excluding carboxylic acids is 2. The Labute approximate surface area is 205 Å². The number of hydrogen-bond acceptors (Lipinski definition) is 5. The van der Waals surface area contributed by atoms with Crippen LogP contribution in [-0.2, 0) is 20.5 Å². The van der Waals surface area contributed by atoms with Crippen molar-refractivity contribution in [1.29, 1.82) is 0 Å². The van der Waals surface area contributed by atoms with Crippen LogP contribution in [0, 0.1) is 0 Å². The number of halogens is 3. The molecule has 0 saturated heterocycles. The number of alkyl halides is 3. The Bertz CT molecular complexity index is 1300. The largest absolute Gasteiger partial charge is 0.462 e. The topological polar surface area (TPSA) is 61.8 Å². The Balaban J connectivity index is 1.81. The molecule has 184 valence electrons. The third-order valence-corrected chi connectivity index (χ3v) is 4.85. The zero-order chi connectivity index (χ0) is 26.3. The number of hydrogen-bond donors (Lipinski definition) is 0. The molecule has 0 radical (unpaired) electrons. The second kappa shape index (κ2) is 11.2. The normalized spacial score (nSPS) is 11.1. The number of esters is 2. The van der Waals surface area contributed by atoms with Crippen LogP contribution in [0.15, 0.2) is 104 Å². The zero-order valence-corrected chi connectivity index (χ0v) is 19.2. The van der Waals surface area contributed by atoms with E-state index in [-0.39, 0.29) is 16.9 Å². The van der Waals surface area contributed by atoms with E-state index in [0.29, 0.717) is 22.4 Å². The third kappa shape index (κ3) is 6.73. The Morgan fingerprint density at radius 2 is 1.42 bits per heavy atom. The fourth-order valence-electron chi connectivity index (χ4n) is 3.09. The van der Waals surface area contributed by atoms with Gasteiger partial charge in [0.05, 0.1) is 5.56 Å². The quantitative estimate of drug-likeness (QED) is 0.145. The molecule has 0 atom stereocenters. The van der Waals surface area contributed by atoms with E-state index >= 15 is 0 Å².